The number of aldehydes is 1. The maximum absolute atomic E-state index is 10.6. The zero-order chi connectivity index (χ0) is 10.4. The van der Waals surface area contributed by atoms with Crippen LogP contribution in [-0.4, -0.2) is 20.0 Å². The molecule has 0 bridgehead atoms. The molecule has 0 atom stereocenters. The predicted octanol–water partition coefficient (Wildman–Crippen LogP) is 2.47. The van der Waals surface area contributed by atoms with Crippen LogP contribution in [0.2, 0.25) is 0 Å². The van der Waals surface area contributed by atoms with Gasteiger partial charge in [-0.15, -0.1) is 0 Å². The van der Waals surface area contributed by atoms with Gasteiger partial charge in [-0.3, -0.25) is 4.79 Å². The van der Waals surface area contributed by atoms with Crippen LogP contribution in [0.15, 0.2) is 24.3 Å². The van der Waals surface area contributed by atoms with Gasteiger partial charge in [0.05, 0.1) is 6.61 Å². The molecule has 0 aromatic heterocycles. The second-order valence-electron chi connectivity index (χ2n) is 3.09. The first-order valence-electron chi connectivity index (χ1n) is 4.49. The first-order valence-corrected chi connectivity index (χ1v) is 4.49. The van der Waals surface area contributed by atoms with Crippen LogP contribution < -0.4 is 0 Å². The van der Waals surface area contributed by atoms with Gasteiger partial charge in [-0.2, -0.15) is 0 Å². The molecule has 0 aliphatic heterocycles. The largest absolute Gasteiger partial charge is 0.381 e. The zero-order valence-electron chi connectivity index (χ0n) is 8.49. The number of ether oxygens (including phenoxy) is 1. The molecular formula is C12H14O2. The molecule has 0 aliphatic carbocycles. The van der Waals surface area contributed by atoms with E-state index < -0.39 is 0 Å². The lowest BCUT2D eigenvalue weighted by Gasteiger charge is -1.99. The Kier molecular flexibility index (Phi) is 4.08. The van der Waals surface area contributed by atoms with Crippen molar-refractivity contribution >= 4 is 12.4 Å². The smallest absolute Gasteiger partial charge is 0.150 e. The summed E-state index contributed by atoms with van der Waals surface area (Å²) in [6.07, 6.45) is 4.79. The van der Waals surface area contributed by atoms with Crippen molar-refractivity contribution in [1.29, 1.82) is 0 Å². The van der Waals surface area contributed by atoms with Gasteiger partial charge in [0.2, 0.25) is 0 Å². The van der Waals surface area contributed by atoms with Gasteiger partial charge in [0.25, 0.3) is 0 Å². The molecule has 0 aliphatic rings. The maximum Gasteiger partial charge on any atom is 0.150 e. The molecule has 0 amide bonds. The summed E-state index contributed by atoms with van der Waals surface area (Å²) < 4.78 is 4.90. The Morgan fingerprint density at radius 2 is 2.21 bits per heavy atom. The molecule has 0 saturated carbocycles. The fraction of sp³-hybridized carbons (Fsp3) is 0.250. The molecule has 74 valence electrons. The lowest BCUT2D eigenvalue weighted by atomic mass is 10.1. The lowest BCUT2D eigenvalue weighted by molar-refractivity contribution is 0.112. The van der Waals surface area contributed by atoms with E-state index >= 15 is 0 Å². The monoisotopic (exact) mass is 190 g/mol. The number of methoxy groups -OCH3 is 1. The molecule has 1 aromatic carbocycles. The SMILES string of the molecule is COC/C=C/c1ccc(C=O)c(C)c1. The fourth-order valence-corrected chi connectivity index (χ4v) is 1.22. The van der Waals surface area contributed by atoms with Crippen molar-refractivity contribution in [3.8, 4) is 0 Å². The summed E-state index contributed by atoms with van der Waals surface area (Å²) >= 11 is 0. The van der Waals surface area contributed by atoms with Gasteiger partial charge in [0, 0.05) is 12.7 Å². The number of hydrogen-bond donors (Lipinski definition) is 0. The van der Waals surface area contributed by atoms with Crippen LogP contribution in [0.1, 0.15) is 21.5 Å². The van der Waals surface area contributed by atoms with E-state index in [-0.39, 0.29) is 0 Å². The van der Waals surface area contributed by atoms with Crippen molar-refractivity contribution < 1.29 is 9.53 Å². The molecule has 0 unspecified atom stereocenters. The first-order chi connectivity index (χ1) is 6.77. The van der Waals surface area contributed by atoms with Crippen molar-refractivity contribution in [3.63, 3.8) is 0 Å². The highest BCUT2D eigenvalue weighted by molar-refractivity contribution is 5.77. The van der Waals surface area contributed by atoms with Crippen molar-refractivity contribution in [2.24, 2.45) is 0 Å². The minimum atomic E-state index is 0.606. The van der Waals surface area contributed by atoms with E-state index in [1.54, 1.807) is 7.11 Å². The van der Waals surface area contributed by atoms with Gasteiger partial charge >= 0.3 is 0 Å². The van der Waals surface area contributed by atoms with Crippen LogP contribution in [-0.2, 0) is 4.74 Å². The second-order valence-corrected chi connectivity index (χ2v) is 3.09. The number of hydrogen-bond acceptors (Lipinski definition) is 2. The third-order valence-corrected chi connectivity index (χ3v) is 1.99. The van der Waals surface area contributed by atoms with E-state index in [1.807, 2.05) is 37.3 Å². The van der Waals surface area contributed by atoms with Gasteiger partial charge in [-0.25, -0.2) is 0 Å². The Morgan fingerprint density at radius 3 is 2.79 bits per heavy atom. The van der Waals surface area contributed by atoms with Gasteiger partial charge in [-0.05, 0) is 18.1 Å². The standard InChI is InChI=1S/C12H14O2/c1-10-8-11(4-3-7-14-2)5-6-12(10)9-13/h3-6,8-9H,7H2,1-2H3/b4-3+. The minimum Gasteiger partial charge on any atom is -0.381 e. The molecule has 0 heterocycles. The van der Waals surface area contributed by atoms with E-state index in [2.05, 4.69) is 0 Å². The summed E-state index contributed by atoms with van der Waals surface area (Å²) in [5, 5.41) is 0. The number of carbonyl (C=O) groups is 1. The Bertz CT molecular complexity index is 340. The van der Waals surface area contributed by atoms with Gasteiger partial charge in [0.1, 0.15) is 6.29 Å². The predicted molar refractivity (Wildman–Crippen MR) is 57.5 cm³/mol. The van der Waals surface area contributed by atoms with Crippen molar-refractivity contribution in [1.82, 2.24) is 0 Å². The minimum absolute atomic E-state index is 0.606. The highest BCUT2D eigenvalue weighted by atomic mass is 16.5. The second kappa shape index (κ2) is 5.35. The summed E-state index contributed by atoms with van der Waals surface area (Å²) in [5.41, 5.74) is 2.83. The van der Waals surface area contributed by atoms with Crippen molar-refractivity contribution in [2.45, 2.75) is 6.92 Å². The number of aryl methyl sites for hydroxylation is 1. The summed E-state index contributed by atoms with van der Waals surface area (Å²) in [7, 11) is 1.66. The quantitative estimate of drug-likeness (QED) is 0.682. The summed E-state index contributed by atoms with van der Waals surface area (Å²) in [5.74, 6) is 0. The highest BCUT2D eigenvalue weighted by Gasteiger charge is 1.95. The van der Waals surface area contributed by atoms with Gasteiger partial charge in [-0.1, -0.05) is 30.4 Å². The van der Waals surface area contributed by atoms with Gasteiger partial charge in [0.15, 0.2) is 0 Å². The molecular weight excluding hydrogens is 176 g/mol. The Hall–Kier alpha value is -1.41. The summed E-state index contributed by atoms with van der Waals surface area (Å²) in [6.45, 7) is 2.53. The maximum atomic E-state index is 10.6. The topological polar surface area (TPSA) is 26.3 Å². The van der Waals surface area contributed by atoms with E-state index in [9.17, 15) is 4.79 Å². The molecule has 2 nitrogen and oxygen atoms in total. The van der Waals surface area contributed by atoms with Gasteiger partial charge < -0.3 is 4.74 Å². The first kappa shape index (κ1) is 10.7. The van der Waals surface area contributed by atoms with Crippen molar-refractivity contribution in [2.75, 3.05) is 13.7 Å². The van der Waals surface area contributed by atoms with E-state index in [1.165, 1.54) is 0 Å². The third kappa shape index (κ3) is 2.82. The van der Waals surface area contributed by atoms with Crippen LogP contribution in [0.3, 0.4) is 0 Å². The zero-order valence-corrected chi connectivity index (χ0v) is 8.49. The summed E-state index contributed by atoms with van der Waals surface area (Å²) in [6, 6.07) is 5.73. The normalized spacial score (nSPS) is 10.7. The molecule has 1 rings (SSSR count). The average molecular weight is 190 g/mol. The number of carbonyl (C=O) groups excluding carboxylic acids is 1. The highest BCUT2D eigenvalue weighted by Crippen LogP contribution is 2.10. The van der Waals surface area contributed by atoms with Crippen molar-refractivity contribution in [3.05, 3.63) is 41.0 Å². The lowest BCUT2D eigenvalue weighted by Crippen LogP contribution is -1.87. The Labute approximate surface area is 84.2 Å². The molecule has 14 heavy (non-hydrogen) atoms. The molecule has 0 spiro atoms. The van der Waals surface area contributed by atoms with Crippen LogP contribution in [0, 0.1) is 6.92 Å². The fourth-order valence-electron chi connectivity index (χ4n) is 1.22. The van der Waals surface area contributed by atoms with E-state index in [4.69, 9.17) is 4.74 Å². The van der Waals surface area contributed by atoms with Crippen LogP contribution in [0.4, 0.5) is 0 Å². The molecule has 2 heteroatoms. The summed E-state index contributed by atoms with van der Waals surface area (Å²) in [4.78, 5) is 10.6. The molecule has 0 saturated heterocycles. The molecule has 0 fully saturated rings. The van der Waals surface area contributed by atoms with Crippen LogP contribution in [0.5, 0.6) is 0 Å². The Morgan fingerprint density at radius 1 is 1.43 bits per heavy atom. The van der Waals surface area contributed by atoms with E-state index in [0.717, 1.165) is 23.0 Å². The van der Waals surface area contributed by atoms with E-state index in [0.29, 0.717) is 6.61 Å². The average Bonchev–Trinajstić information content (AvgIpc) is 2.18. The van der Waals surface area contributed by atoms with Crippen LogP contribution in [0.25, 0.3) is 6.08 Å². The Balaban J connectivity index is 2.81. The number of benzene rings is 1. The molecule has 0 N–H and O–H groups in total. The molecule has 0 radical (unpaired) electrons. The third-order valence-electron chi connectivity index (χ3n) is 1.99. The number of rotatable bonds is 4. The molecule has 1 aromatic rings. The van der Waals surface area contributed by atoms with Crippen LogP contribution >= 0.6 is 0 Å².